The Balaban J connectivity index is 2.68. The van der Waals surface area contributed by atoms with Gasteiger partial charge in [-0.2, -0.15) is 5.26 Å². The number of nitriles is 1. The SMILES string of the molecule is Cc1nc2cc(C(C)(C#N)C(=O)O)ccc2n1C. The van der Waals surface area contributed by atoms with Gasteiger partial charge in [-0.15, -0.1) is 0 Å². The van der Waals surface area contributed by atoms with E-state index in [1.54, 1.807) is 18.2 Å². The van der Waals surface area contributed by atoms with E-state index in [1.165, 1.54) is 6.92 Å². The maximum atomic E-state index is 11.2. The van der Waals surface area contributed by atoms with Gasteiger partial charge in [-0.1, -0.05) is 6.07 Å². The normalized spacial score (nSPS) is 14.1. The molecule has 0 amide bonds. The van der Waals surface area contributed by atoms with Crippen molar-refractivity contribution in [1.82, 2.24) is 9.55 Å². The molecule has 18 heavy (non-hydrogen) atoms. The van der Waals surface area contributed by atoms with Gasteiger partial charge in [0.15, 0.2) is 5.41 Å². The molecule has 1 N–H and O–H groups in total. The number of aliphatic carboxylic acids is 1. The molecule has 1 aromatic heterocycles. The third kappa shape index (κ3) is 1.54. The van der Waals surface area contributed by atoms with Crippen molar-refractivity contribution in [3.63, 3.8) is 0 Å². The van der Waals surface area contributed by atoms with Crippen molar-refractivity contribution in [3.05, 3.63) is 29.6 Å². The third-order valence-electron chi connectivity index (χ3n) is 3.33. The number of aryl methyl sites for hydroxylation is 2. The molecule has 1 unspecified atom stereocenters. The summed E-state index contributed by atoms with van der Waals surface area (Å²) in [5.41, 5.74) is 0.528. The fraction of sp³-hybridized carbons (Fsp3) is 0.308. The molecule has 1 atom stereocenters. The van der Waals surface area contributed by atoms with Crippen molar-refractivity contribution in [2.75, 3.05) is 0 Å². The second-order valence-corrected chi connectivity index (χ2v) is 4.46. The number of benzene rings is 1. The minimum absolute atomic E-state index is 0.447. The Morgan fingerprint density at radius 1 is 1.56 bits per heavy atom. The Bertz CT molecular complexity index is 681. The molecule has 5 heteroatoms. The summed E-state index contributed by atoms with van der Waals surface area (Å²) >= 11 is 0. The zero-order valence-electron chi connectivity index (χ0n) is 10.4. The summed E-state index contributed by atoms with van der Waals surface area (Å²) < 4.78 is 1.92. The van der Waals surface area contributed by atoms with Gasteiger partial charge in [-0.25, -0.2) is 4.98 Å². The first-order valence-electron chi connectivity index (χ1n) is 5.48. The Morgan fingerprint density at radius 2 is 2.22 bits per heavy atom. The van der Waals surface area contributed by atoms with E-state index in [4.69, 9.17) is 10.4 Å². The van der Waals surface area contributed by atoms with Gasteiger partial charge in [0.2, 0.25) is 0 Å². The number of hydrogen-bond donors (Lipinski definition) is 1. The third-order valence-corrected chi connectivity index (χ3v) is 3.33. The van der Waals surface area contributed by atoms with Crippen LogP contribution in [0.2, 0.25) is 0 Å². The van der Waals surface area contributed by atoms with Gasteiger partial charge in [-0.05, 0) is 31.5 Å². The summed E-state index contributed by atoms with van der Waals surface area (Å²) in [7, 11) is 1.89. The van der Waals surface area contributed by atoms with E-state index in [1.807, 2.05) is 24.6 Å². The first-order valence-corrected chi connectivity index (χ1v) is 5.48. The number of aromatic nitrogens is 2. The molecule has 1 heterocycles. The van der Waals surface area contributed by atoms with Crippen LogP contribution in [-0.2, 0) is 17.3 Å². The van der Waals surface area contributed by atoms with Crippen molar-refractivity contribution in [1.29, 1.82) is 5.26 Å². The predicted molar refractivity (Wildman–Crippen MR) is 66.1 cm³/mol. The van der Waals surface area contributed by atoms with E-state index in [0.717, 1.165) is 11.3 Å². The zero-order valence-corrected chi connectivity index (χ0v) is 10.4. The molecular formula is C13H13N3O2. The minimum atomic E-state index is -1.54. The molecule has 0 aliphatic rings. The summed E-state index contributed by atoms with van der Waals surface area (Å²) in [5.74, 6) is -0.312. The number of hydrogen-bond acceptors (Lipinski definition) is 3. The standard InChI is InChI=1S/C13H13N3O2/c1-8-15-10-6-9(4-5-11(10)16(8)3)13(2,7-14)12(17)18/h4-6H,1-3H3,(H,17,18). The number of carboxylic acids is 1. The molecular weight excluding hydrogens is 230 g/mol. The van der Waals surface area contributed by atoms with Crippen LogP contribution >= 0.6 is 0 Å². The van der Waals surface area contributed by atoms with Gasteiger partial charge in [0, 0.05) is 7.05 Å². The van der Waals surface area contributed by atoms with Gasteiger partial charge in [-0.3, -0.25) is 4.79 Å². The van der Waals surface area contributed by atoms with Crippen molar-refractivity contribution in [3.8, 4) is 6.07 Å². The van der Waals surface area contributed by atoms with Crippen LogP contribution in [0, 0.1) is 18.3 Å². The second-order valence-electron chi connectivity index (χ2n) is 4.46. The van der Waals surface area contributed by atoms with Gasteiger partial charge in [0.1, 0.15) is 5.82 Å². The lowest BCUT2D eigenvalue weighted by Gasteiger charge is -2.16. The van der Waals surface area contributed by atoms with E-state index in [2.05, 4.69) is 4.98 Å². The molecule has 0 spiro atoms. The van der Waals surface area contributed by atoms with Gasteiger partial charge < -0.3 is 9.67 Å². The van der Waals surface area contributed by atoms with Gasteiger partial charge in [0.05, 0.1) is 17.1 Å². The molecule has 0 aliphatic carbocycles. The van der Waals surface area contributed by atoms with Crippen LogP contribution in [0.1, 0.15) is 18.3 Å². The molecule has 92 valence electrons. The van der Waals surface area contributed by atoms with Crippen LogP contribution in [0.25, 0.3) is 11.0 Å². The van der Waals surface area contributed by atoms with Crippen LogP contribution in [0.15, 0.2) is 18.2 Å². The van der Waals surface area contributed by atoms with E-state index in [-0.39, 0.29) is 0 Å². The fourth-order valence-electron chi connectivity index (χ4n) is 1.87. The number of nitrogens with zero attached hydrogens (tertiary/aromatic N) is 3. The Hall–Kier alpha value is -2.35. The average molecular weight is 243 g/mol. The second kappa shape index (κ2) is 3.84. The molecule has 0 saturated heterocycles. The summed E-state index contributed by atoms with van der Waals surface area (Å²) in [4.78, 5) is 15.6. The summed E-state index contributed by atoms with van der Waals surface area (Å²) in [6.07, 6.45) is 0. The molecule has 5 nitrogen and oxygen atoms in total. The Kier molecular flexibility index (Phi) is 2.59. The molecule has 2 aromatic rings. The van der Waals surface area contributed by atoms with E-state index in [9.17, 15) is 4.79 Å². The monoisotopic (exact) mass is 243 g/mol. The Labute approximate surface area is 104 Å². The van der Waals surface area contributed by atoms with Crippen molar-refractivity contribution in [2.24, 2.45) is 7.05 Å². The maximum Gasteiger partial charge on any atom is 0.328 e. The molecule has 0 aliphatic heterocycles. The summed E-state index contributed by atoms with van der Waals surface area (Å²) in [6, 6.07) is 6.97. The van der Waals surface area contributed by atoms with E-state index < -0.39 is 11.4 Å². The zero-order chi connectivity index (χ0) is 13.5. The molecule has 0 radical (unpaired) electrons. The number of fused-ring (bicyclic) bond motifs is 1. The van der Waals surface area contributed by atoms with Gasteiger partial charge in [0.25, 0.3) is 0 Å². The van der Waals surface area contributed by atoms with Crippen molar-refractivity contribution < 1.29 is 9.90 Å². The Morgan fingerprint density at radius 3 is 2.78 bits per heavy atom. The molecule has 0 bridgehead atoms. The molecule has 1 aromatic carbocycles. The number of carbonyl (C=O) groups is 1. The largest absolute Gasteiger partial charge is 0.480 e. The topological polar surface area (TPSA) is 78.9 Å². The van der Waals surface area contributed by atoms with E-state index >= 15 is 0 Å². The first kappa shape index (κ1) is 12.1. The van der Waals surface area contributed by atoms with E-state index in [0.29, 0.717) is 11.1 Å². The highest BCUT2D eigenvalue weighted by Crippen LogP contribution is 2.26. The van der Waals surface area contributed by atoms with Gasteiger partial charge >= 0.3 is 5.97 Å². The number of carboxylic acid groups (broad SMARTS) is 1. The molecule has 2 rings (SSSR count). The average Bonchev–Trinajstić information content (AvgIpc) is 2.63. The van der Waals surface area contributed by atoms with Crippen LogP contribution in [0.5, 0.6) is 0 Å². The van der Waals surface area contributed by atoms with Crippen LogP contribution in [0.4, 0.5) is 0 Å². The predicted octanol–water partition coefficient (Wildman–Crippen LogP) is 1.75. The highest BCUT2D eigenvalue weighted by Gasteiger charge is 2.35. The fourth-order valence-corrected chi connectivity index (χ4v) is 1.87. The highest BCUT2D eigenvalue weighted by atomic mass is 16.4. The van der Waals surface area contributed by atoms with Crippen LogP contribution in [0.3, 0.4) is 0 Å². The first-order chi connectivity index (χ1) is 8.40. The lowest BCUT2D eigenvalue weighted by atomic mass is 9.84. The molecule has 0 saturated carbocycles. The summed E-state index contributed by atoms with van der Waals surface area (Å²) in [6.45, 7) is 3.27. The quantitative estimate of drug-likeness (QED) is 0.871. The van der Waals surface area contributed by atoms with Crippen molar-refractivity contribution in [2.45, 2.75) is 19.3 Å². The smallest absolute Gasteiger partial charge is 0.328 e. The summed E-state index contributed by atoms with van der Waals surface area (Å²) in [5, 5.41) is 18.3. The van der Waals surface area contributed by atoms with Crippen LogP contribution < -0.4 is 0 Å². The molecule has 0 fully saturated rings. The number of imidazole rings is 1. The minimum Gasteiger partial charge on any atom is -0.480 e. The van der Waals surface area contributed by atoms with Crippen LogP contribution in [-0.4, -0.2) is 20.6 Å². The number of rotatable bonds is 2. The lowest BCUT2D eigenvalue weighted by molar-refractivity contribution is -0.140. The maximum absolute atomic E-state index is 11.2. The highest BCUT2D eigenvalue weighted by molar-refractivity contribution is 5.87. The van der Waals surface area contributed by atoms with Crippen molar-refractivity contribution >= 4 is 17.0 Å². The lowest BCUT2D eigenvalue weighted by Crippen LogP contribution is -2.30.